The highest BCUT2D eigenvalue weighted by Crippen LogP contribution is 2.36. The molecule has 2 aromatic carbocycles. The molecule has 1 fully saturated rings. The van der Waals surface area contributed by atoms with Crippen molar-refractivity contribution in [2.45, 2.75) is 38.0 Å². The summed E-state index contributed by atoms with van der Waals surface area (Å²) < 4.78 is 52.2. The number of benzene rings is 2. The van der Waals surface area contributed by atoms with Crippen molar-refractivity contribution < 1.29 is 27.4 Å². The maximum atomic E-state index is 13.8. The van der Waals surface area contributed by atoms with Crippen LogP contribution in [0, 0.1) is 0 Å². The first kappa shape index (κ1) is 29.4. The van der Waals surface area contributed by atoms with E-state index in [0.29, 0.717) is 35.3 Å². The van der Waals surface area contributed by atoms with E-state index in [-0.39, 0.29) is 30.6 Å². The number of carbonyl (C=O) groups is 1. The first-order valence-corrected chi connectivity index (χ1v) is 13.8. The zero-order chi connectivity index (χ0) is 29.7. The molecule has 0 aliphatic carbocycles. The first-order valence-electron chi connectivity index (χ1n) is 13.8. The van der Waals surface area contributed by atoms with Crippen molar-refractivity contribution >= 4 is 34.7 Å². The summed E-state index contributed by atoms with van der Waals surface area (Å²) in [5.74, 6) is -0.0219. The maximum Gasteiger partial charge on any atom is 0.421 e. The summed E-state index contributed by atoms with van der Waals surface area (Å²) in [6, 6.07) is 11.4. The second kappa shape index (κ2) is 12.8. The minimum Gasteiger partial charge on any atom is -0.494 e. The minimum absolute atomic E-state index is 0.0189. The van der Waals surface area contributed by atoms with E-state index in [0.717, 1.165) is 49.9 Å². The Morgan fingerprint density at radius 2 is 1.95 bits per heavy atom. The molecule has 3 heterocycles. The molecule has 1 saturated heterocycles. The lowest BCUT2D eigenvalue weighted by Gasteiger charge is -2.34. The van der Waals surface area contributed by atoms with E-state index < -0.39 is 11.7 Å². The lowest BCUT2D eigenvalue weighted by Crippen LogP contribution is -2.43. The number of methoxy groups -OCH3 is 2. The highest BCUT2D eigenvalue weighted by molar-refractivity contribution is 5.99. The largest absolute Gasteiger partial charge is 0.494 e. The number of fused-ring (bicyclic) bond motifs is 1. The Hall–Kier alpha value is -4.10. The van der Waals surface area contributed by atoms with Gasteiger partial charge in [0.25, 0.3) is 0 Å². The molecule has 0 bridgehead atoms. The molecule has 0 unspecified atom stereocenters. The Bertz CT molecular complexity index is 1410. The molecule has 10 nitrogen and oxygen atoms in total. The summed E-state index contributed by atoms with van der Waals surface area (Å²) in [7, 11) is 3.23. The second-order valence-electron chi connectivity index (χ2n) is 10.2. The zero-order valence-electron chi connectivity index (χ0n) is 23.5. The van der Waals surface area contributed by atoms with E-state index >= 15 is 0 Å². The van der Waals surface area contributed by atoms with Gasteiger partial charge in [0.15, 0.2) is 0 Å². The molecular formula is C29H34F3N7O3. The predicted molar refractivity (Wildman–Crippen MR) is 155 cm³/mol. The summed E-state index contributed by atoms with van der Waals surface area (Å²) in [5, 5.41) is 12.1. The van der Waals surface area contributed by atoms with Gasteiger partial charge in [-0.25, -0.2) is 4.98 Å². The fourth-order valence-corrected chi connectivity index (χ4v) is 5.25. The van der Waals surface area contributed by atoms with Crippen molar-refractivity contribution in [3.8, 4) is 5.75 Å². The SMILES string of the molecule is COCCNC1CCN(c2ccc(Nc3ncc(C(F)(F)F)c(NCc4cccc5c4CC(=O)N5)n3)c(OC)c2)CC1. The van der Waals surface area contributed by atoms with Crippen molar-refractivity contribution in [1.29, 1.82) is 0 Å². The number of hydrogen-bond donors (Lipinski definition) is 4. The number of rotatable bonds is 11. The van der Waals surface area contributed by atoms with Crippen LogP contribution in [-0.2, 0) is 28.7 Å². The fourth-order valence-electron chi connectivity index (χ4n) is 5.25. The number of anilines is 5. The van der Waals surface area contributed by atoms with Crippen LogP contribution in [0.25, 0.3) is 0 Å². The molecule has 3 aromatic rings. The topological polar surface area (TPSA) is 113 Å². The molecular weight excluding hydrogens is 551 g/mol. The van der Waals surface area contributed by atoms with Gasteiger partial charge in [-0.05, 0) is 42.2 Å². The normalized spacial score (nSPS) is 15.4. The van der Waals surface area contributed by atoms with Gasteiger partial charge in [0.2, 0.25) is 11.9 Å². The average Bonchev–Trinajstić information content (AvgIpc) is 3.37. The molecule has 2 aliphatic rings. The van der Waals surface area contributed by atoms with E-state index in [9.17, 15) is 18.0 Å². The smallest absolute Gasteiger partial charge is 0.421 e. The molecule has 5 rings (SSSR count). The van der Waals surface area contributed by atoms with Crippen LogP contribution < -0.4 is 30.9 Å². The number of carbonyl (C=O) groups excluding carboxylic acids is 1. The van der Waals surface area contributed by atoms with Gasteiger partial charge in [0.05, 0.1) is 25.8 Å². The highest BCUT2D eigenvalue weighted by atomic mass is 19.4. The third-order valence-electron chi connectivity index (χ3n) is 7.46. The Balaban J connectivity index is 1.30. The number of hydrogen-bond acceptors (Lipinski definition) is 9. The van der Waals surface area contributed by atoms with Crippen LogP contribution in [0.15, 0.2) is 42.6 Å². The van der Waals surface area contributed by atoms with Gasteiger partial charge in [-0.3, -0.25) is 4.79 Å². The third-order valence-corrected chi connectivity index (χ3v) is 7.46. The molecule has 13 heteroatoms. The molecule has 1 aromatic heterocycles. The molecule has 42 heavy (non-hydrogen) atoms. The summed E-state index contributed by atoms with van der Waals surface area (Å²) >= 11 is 0. The highest BCUT2D eigenvalue weighted by Gasteiger charge is 2.35. The van der Waals surface area contributed by atoms with Crippen molar-refractivity contribution in [3.63, 3.8) is 0 Å². The van der Waals surface area contributed by atoms with E-state index in [1.807, 2.05) is 18.2 Å². The Morgan fingerprint density at radius 3 is 2.69 bits per heavy atom. The summed E-state index contributed by atoms with van der Waals surface area (Å²) in [5.41, 5.74) is 2.66. The lowest BCUT2D eigenvalue weighted by atomic mass is 10.0. The predicted octanol–water partition coefficient (Wildman–Crippen LogP) is 4.56. The van der Waals surface area contributed by atoms with Crippen LogP contribution in [0.1, 0.15) is 29.5 Å². The molecule has 0 saturated carbocycles. The van der Waals surface area contributed by atoms with Crippen LogP contribution in [0.4, 0.5) is 42.0 Å². The van der Waals surface area contributed by atoms with Crippen LogP contribution in [0.3, 0.4) is 0 Å². The summed E-state index contributed by atoms with van der Waals surface area (Å²) in [4.78, 5) is 22.2. The van der Waals surface area contributed by atoms with E-state index in [1.165, 1.54) is 7.11 Å². The number of ether oxygens (including phenoxy) is 2. The van der Waals surface area contributed by atoms with E-state index in [4.69, 9.17) is 9.47 Å². The molecule has 2 aliphatic heterocycles. The number of alkyl halides is 3. The molecule has 224 valence electrons. The van der Waals surface area contributed by atoms with Gasteiger partial charge in [-0.15, -0.1) is 0 Å². The molecule has 1 amide bonds. The maximum absolute atomic E-state index is 13.8. The first-order chi connectivity index (χ1) is 20.2. The van der Waals surface area contributed by atoms with Crippen LogP contribution in [0.2, 0.25) is 0 Å². The van der Waals surface area contributed by atoms with Gasteiger partial charge < -0.3 is 35.6 Å². The van der Waals surface area contributed by atoms with E-state index in [1.54, 1.807) is 25.3 Å². The molecule has 0 radical (unpaired) electrons. The zero-order valence-corrected chi connectivity index (χ0v) is 23.5. The quantitative estimate of drug-likeness (QED) is 0.241. The van der Waals surface area contributed by atoms with Gasteiger partial charge >= 0.3 is 6.18 Å². The Morgan fingerprint density at radius 1 is 1.14 bits per heavy atom. The molecule has 4 N–H and O–H groups in total. The number of aromatic nitrogens is 2. The van der Waals surface area contributed by atoms with Crippen molar-refractivity contribution in [2.24, 2.45) is 0 Å². The fraction of sp³-hybridized carbons (Fsp3) is 0.414. The van der Waals surface area contributed by atoms with Crippen molar-refractivity contribution in [1.82, 2.24) is 15.3 Å². The van der Waals surface area contributed by atoms with Crippen molar-refractivity contribution in [2.75, 3.05) is 61.3 Å². The third kappa shape index (κ3) is 6.85. The van der Waals surface area contributed by atoms with E-state index in [2.05, 4.69) is 36.1 Å². The molecule has 0 spiro atoms. The number of piperidine rings is 1. The van der Waals surface area contributed by atoms with Crippen LogP contribution in [0.5, 0.6) is 5.75 Å². The molecule has 0 atom stereocenters. The number of nitrogens with zero attached hydrogens (tertiary/aromatic N) is 3. The van der Waals surface area contributed by atoms with Gasteiger partial charge in [-0.1, -0.05) is 12.1 Å². The average molecular weight is 586 g/mol. The Labute approximate surface area is 242 Å². The number of amides is 1. The number of halogens is 3. The van der Waals surface area contributed by atoms with Crippen molar-refractivity contribution in [3.05, 3.63) is 59.3 Å². The second-order valence-corrected chi connectivity index (χ2v) is 10.2. The summed E-state index contributed by atoms with van der Waals surface area (Å²) in [6.07, 6.45) is -1.73. The van der Waals surface area contributed by atoms with Gasteiger partial charge in [0, 0.05) is 63.0 Å². The monoisotopic (exact) mass is 585 g/mol. The summed E-state index contributed by atoms with van der Waals surface area (Å²) in [6.45, 7) is 3.32. The lowest BCUT2D eigenvalue weighted by molar-refractivity contribution is -0.137. The number of nitrogens with one attached hydrogen (secondary N) is 4. The van der Waals surface area contributed by atoms with Gasteiger partial charge in [-0.2, -0.15) is 18.2 Å². The van der Waals surface area contributed by atoms with Gasteiger partial charge in [0.1, 0.15) is 17.1 Å². The minimum atomic E-state index is -4.66. The van der Waals surface area contributed by atoms with Crippen LogP contribution in [-0.4, -0.2) is 62.4 Å². The standard InChI is InChI=1S/C29H34F3N7O3/c1-41-13-10-33-19-8-11-39(12-9-19)20-6-7-24(25(14-20)42-2)37-28-35-17-22(29(30,31)32)27(38-28)34-16-18-4-3-5-23-21(18)15-26(40)36-23/h3-7,14,17,19,33H,8-13,15-16H2,1-2H3,(H,36,40)(H2,34,35,37,38). The Kier molecular flexibility index (Phi) is 8.97. The van der Waals surface area contributed by atoms with Crippen LogP contribution >= 0.6 is 0 Å².